The molecule has 0 saturated carbocycles. The summed E-state index contributed by atoms with van der Waals surface area (Å²) >= 11 is 7.36. The zero-order valence-electron chi connectivity index (χ0n) is 15.1. The maximum absolute atomic E-state index is 11.7. The predicted molar refractivity (Wildman–Crippen MR) is 104 cm³/mol. The van der Waals surface area contributed by atoms with Gasteiger partial charge in [0.2, 0.25) is 0 Å². The van der Waals surface area contributed by atoms with E-state index in [0.717, 1.165) is 37.1 Å². The molecular formula is C18H22ClN3O3S. The van der Waals surface area contributed by atoms with Crippen molar-refractivity contribution in [3.05, 3.63) is 39.9 Å². The van der Waals surface area contributed by atoms with E-state index in [9.17, 15) is 4.79 Å². The first-order valence-corrected chi connectivity index (χ1v) is 9.60. The monoisotopic (exact) mass is 395 g/mol. The molecule has 140 valence electrons. The summed E-state index contributed by atoms with van der Waals surface area (Å²) in [5.41, 5.74) is 1.24. The Morgan fingerprint density at radius 1 is 1.27 bits per heavy atom. The third-order valence-electron chi connectivity index (χ3n) is 4.65. The van der Waals surface area contributed by atoms with Gasteiger partial charge in [-0.25, -0.2) is 9.78 Å². The van der Waals surface area contributed by atoms with E-state index in [2.05, 4.69) is 33.8 Å². The number of piperazine rings is 1. The smallest absolute Gasteiger partial charge is 0.351 e. The second-order valence-corrected chi connectivity index (χ2v) is 7.42. The first-order valence-electron chi connectivity index (χ1n) is 8.41. The number of thiazole rings is 1. The van der Waals surface area contributed by atoms with Crippen molar-refractivity contribution < 1.29 is 14.3 Å². The Morgan fingerprint density at radius 3 is 2.65 bits per heavy atom. The molecule has 2 heterocycles. The summed E-state index contributed by atoms with van der Waals surface area (Å²) in [6.45, 7) is 5.68. The lowest BCUT2D eigenvalue weighted by Gasteiger charge is -2.38. The standard InChI is InChI=1S/C18H22ClN3O3S/c1-12(13-5-4-6-14(11-13)24-2)21-7-9-22(10-8-21)18-20-16(19)15(26-18)17(23)25-3/h4-6,11-12H,7-10H2,1-3H3. The Hall–Kier alpha value is -1.83. The normalized spacial score (nSPS) is 16.4. The number of carbonyl (C=O) groups is 1. The molecule has 0 bridgehead atoms. The molecule has 8 heteroatoms. The van der Waals surface area contributed by atoms with E-state index in [1.165, 1.54) is 24.0 Å². The van der Waals surface area contributed by atoms with Gasteiger partial charge >= 0.3 is 5.97 Å². The van der Waals surface area contributed by atoms with Gasteiger partial charge in [-0.3, -0.25) is 4.90 Å². The van der Waals surface area contributed by atoms with Crippen LogP contribution in [0.4, 0.5) is 5.13 Å². The number of hydrogen-bond acceptors (Lipinski definition) is 7. The van der Waals surface area contributed by atoms with Crippen molar-refractivity contribution in [2.45, 2.75) is 13.0 Å². The van der Waals surface area contributed by atoms with Crippen LogP contribution < -0.4 is 9.64 Å². The molecule has 1 aliphatic heterocycles. The Bertz CT molecular complexity index is 775. The molecule has 1 fully saturated rings. The van der Waals surface area contributed by atoms with Crippen molar-refractivity contribution in [3.8, 4) is 5.75 Å². The Balaban J connectivity index is 1.64. The van der Waals surface area contributed by atoms with E-state index in [1.807, 2.05) is 12.1 Å². The van der Waals surface area contributed by atoms with Crippen molar-refractivity contribution in [2.24, 2.45) is 0 Å². The number of ether oxygens (including phenoxy) is 2. The largest absolute Gasteiger partial charge is 0.497 e. The van der Waals surface area contributed by atoms with E-state index in [4.69, 9.17) is 21.1 Å². The van der Waals surface area contributed by atoms with E-state index in [1.54, 1.807) is 7.11 Å². The third kappa shape index (κ3) is 3.95. The minimum Gasteiger partial charge on any atom is -0.497 e. The zero-order chi connectivity index (χ0) is 18.7. The fourth-order valence-electron chi connectivity index (χ4n) is 3.06. The molecular weight excluding hydrogens is 374 g/mol. The number of esters is 1. The Kier molecular flexibility index (Phi) is 6.01. The van der Waals surface area contributed by atoms with Gasteiger partial charge in [-0.2, -0.15) is 0 Å². The lowest BCUT2D eigenvalue weighted by atomic mass is 10.1. The molecule has 2 aromatic rings. The van der Waals surface area contributed by atoms with E-state index >= 15 is 0 Å². The Morgan fingerprint density at radius 2 is 2.00 bits per heavy atom. The molecule has 1 aromatic heterocycles. The van der Waals surface area contributed by atoms with Crippen molar-refractivity contribution in [2.75, 3.05) is 45.3 Å². The van der Waals surface area contributed by atoms with E-state index in [0.29, 0.717) is 10.9 Å². The molecule has 3 rings (SSSR count). The fourth-order valence-corrected chi connectivity index (χ4v) is 4.31. The number of carbonyl (C=O) groups excluding carboxylic acids is 1. The highest BCUT2D eigenvalue weighted by molar-refractivity contribution is 7.18. The van der Waals surface area contributed by atoms with Crippen molar-refractivity contribution in [1.29, 1.82) is 0 Å². The maximum Gasteiger partial charge on any atom is 0.351 e. The van der Waals surface area contributed by atoms with Crippen LogP contribution in [0.5, 0.6) is 5.75 Å². The van der Waals surface area contributed by atoms with Crippen LogP contribution in [0.3, 0.4) is 0 Å². The molecule has 0 aliphatic carbocycles. The van der Waals surface area contributed by atoms with Crippen molar-refractivity contribution in [1.82, 2.24) is 9.88 Å². The first kappa shape index (κ1) is 18.9. The minimum absolute atomic E-state index is 0.212. The predicted octanol–water partition coefficient (Wildman–Crippen LogP) is 3.47. The van der Waals surface area contributed by atoms with Crippen LogP contribution in [0.15, 0.2) is 24.3 Å². The fraction of sp³-hybridized carbons (Fsp3) is 0.444. The van der Waals surface area contributed by atoms with E-state index in [-0.39, 0.29) is 5.15 Å². The quantitative estimate of drug-likeness (QED) is 0.722. The van der Waals surface area contributed by atoms with Crippen LogP contribution in [0.2, 0.25) is 5.15 Å². The molecule has 0 spiro atoms. The van der Waals surface area contributed by atoms with E-state index < -0.39 is 5.97 Å². The summed E-state index contributed by atoms with van der Waals surface area (Å²) in [6, 6.07) is 8.49. The van der Waals surface area contributed by atoms with Gasteiger partial charge in [0.15, 0.2) is 15.2 Å². The number of benzene rings is 1. The number of halogens is 1. The van der Waals surface area contributed by atoms with Gasteiger partial charge in [0.1, 0.15) is 5.75 Å². The highest BCUT2D eigenvalue weighted by atomic mass is 35.5. The zero-order valence-corrected chi connectivity index (χ0v) is 16.6. The minimum atomic E-state index is -0.441. The molecule has 1 saturated heterocycles. The molecule has 0 N–H and O–H groups in total. The van der Waals surface area contributed by atoms with Gasteiger partial charge in [0, 0.05) is 32.2 Å². The second-order valence-electron chi connectivity index (χ2n) is 6.08. The molecule has 6 nitrogen and oxygen atoms in total. The number of aromatic nitrogens is 1. The van der Waals surface area contributed by atoms with Gasteiger partial charge in [0.05, 0.1) is 14.2 Å². The van der Waals surface area contributed by atoms with Crippen LogP contribution in [-0.2, 0) is 4.74 Å². The summed E-state index contributed by atoms with van der Waals surface area (Å²) in [5, 5.41) is 0.980. The molecule has 0 amide bonds. The van der Waals surface area contributed by atoms with Crippen molar-refractivity contribution >= 4 is 34.0 Å². The molecule has 26 heavy (non-hydrogen) atoms. The van der Waals surface area contributed by atoms with Crippen molar-refractivity contribution in [3.63, 3.8) is 0 Å². The lowest BCUT2D eigenvalue weighted by molar-refractivity contribution is 0.0606. The summed E-state index contributed by atoms with van der Waals surface area (Å²) in [5.74, 6) is 0.435. The van der Waals surface area contributed by atoms with Crippen LogP contribution >= 0.6 is 22.9 Å². The topological polar surface area (TPSA) is 54.9 Å². The van der Waals surface area contributed by atoms with Gasteiger partial charge in [-0.15, -0.1) is 0 Å². The van der Waals surface area contributed by atoms with Gasteiger partial charge < -0.3 is 14.4 Å². The van der Waals surface area contributed by atoms with Crippen LogP contribution in [0.1, 0.15) is 28.2 Å². The summed E-state index contributed by atoms with van der Waals surface area (Å²) in [7, 11) is 3.03. The number of anilines is 1. The van der Waals surface area contributed by atoms with Crippen LogP contribution in [-0.4, -0.2) is 56.3 Å². The molecule has 0 radical (unpaired) electrons. The SMILES string of the molecule is COC(=O)c1sc(N2CCN(C(C)c3cccc(OC)c3)CC2)nc1Cl. The average molecular weight is 396 g/mol. The third-order valence-corrected chi connectivity index (χ3v) is 6.14. The average Bonchev–Trinajstić information content (AvgIpc) is 3.08. The molecule has 1 unspecified atom stereocenters. The summed E-state index contributed by atoms with van der Waals surface area (Å²) in [4.78, 5) is 21.0. The second kappa shape index (κ2) is 8.24. The molecule has 1 aromatic carbocycles. The summed E-state index contributed by atoms with van der Waals surface area (Å²) < 4.78 is 10.1. The maximum atomic E-state index is 11.7. The molecule has 1 atom stereocenters. The van der Waals surface area contributed by atoms with Gasteiger partial charge in [-0.1, -0.05) is 35.1 Å². The number of methoxy groups -OCH3 is 2. The Labute approximate surface area is 162 Å². The number of rotatable bonds is 5. The van der Waals surface area contributed by atoms with Gasteiger partial charge in [0.25, 0.3) is 0 Å². The van der Waals surface area contributed by atoms with Crippen LogP contribution in [0, 0.1) is 0 Å². The summed E-state index contributed by atoms with van der Waals surface area (Å²) in [6.07, 6.45) is 0. The van der Waals surface area contributed by atoms with Gasteiger partial charge in [-0.05, 0) is 24.6 Å². The first-order chi connectivity index (χ1) is 12.5. The molecule has 1 aliphatic rings. The number of hydrogen-bond donors (Lipinski definition) is 0. The highest BCUT2D eigenvalue weighted by Gasteiger charge is 2.26. The van der Waals surface area contributed by atoms with Crippen LogP contribution in [0.25, 0.3) is 0 Å². The lowest BCUT2D eigenvalue weighted by Crippen LogP contribution is -2.47. The number of nitrogens with zero attached hydrogens (tertiary/aromatic N) is 3. The highest BCUT2D eigenvalue weighted by Crippen LogP contribution is 2.32.